The molecular formula is C31H36ClN5O3. The molecule has 1 saturated heterocycles. The summed E-state index contributed by atoms with van der Waals surface area (Å²) >= 11 is 6.61. The van der Waals surface area contributed by atoms with Crippen LogP contribution in [0.1, 0.15) is 62.6 Å². The highest BCUT2D eigenvalue weighted by molar-refractivity contribution is 6.35. The SMILES string of the molecule is CC(C)(C)CN1Cc2c(cc(Cl)c3[nH]ccc23)C[C@@H](CC(=O)N2CCC(c3cc4[nH]ccc4[nH]c3=O)CC2)C1=O. The topological polar surface area (TPSA) is 105 Å². The van der Waals surface area contributed by atoms with E-state index in [9.17, 15) is 14.4 Å². The third kappa shape index (κ3) is 5.05. The molecule has 1 atom stereocenters. The fourth-order valence-electron chi connectivity index (χ4n) is 6.53. The first-order valence-electron chi connectivity index (χ1n) is 14.1. The number of carbonyl (C=O) groups excluding carboxylic acids is 2. The molecule has 3 N–H and O–H groups in total. The minimum atomic E-state index is -0.445. The Balaban J connectivity index is 1.20. The van der Waals surface area contributed by atoms with Gasteiger partial charge in [-0.3, -0.25) is 14.4 Å². The summed E-state index contributed by atoms with van der Waals surface area (Å²) < 4.78 is 0. The molecule has 210 valence electrons. The second-order valence-electron chi connectivity index (χ2n) is 12.6. The minimum absolute atomic E-state index is 0.00138. The van der Waals surface area contributed by atoms with Crippen LogP contribution in [0.15, 0.2) is 41.5 Å². The molecule has 2 amide bonds. The van der Waals surface area contributed by atoms with Crippen molar-refractivity contribution in [1.82, 2.24) is 24.8 Å². The molecular weight excluding hydrogens is 526 g/mol. The number of halogens is 1. The molecule has 40 heavy (non-hydrogen) atoms. The van der Waals surface area contributed by atoms with Gasteiger partial charge in [0.2, 0.25) is 11.8 Å². The molecule has 1 fully saturated rings. The molecule has 0 saturated carbocycles. The van der Waals surface area contributed by atoms with Crippen molar-refractivity contribution in [3.8, 4) is 0 Å². The maximum atomic E-state index is 13.9. The van der Waals surface area contributed by atoms with Gasteiger partial charge in [0, 0.05) is 55.9 Å². The van der Waals surface area contributed by atoms with Gasteiger partial charge in [-0.2, -0.15) is 0 Å². The van der Waals surface area contributed by atoms with Crippen molar-refractivity contribution in [1.29, 1.82) is 0 Å². The van der Waals surface area contributed by atoms with Crippen LogP contribution in [-0.2, 0) is 22.6 Å². The lowest BCUT2D eigenvalue weighted by molar-refractivity contribution is -0.142. The van der Waals surface area contributed by atoms with E-state index in [1.807, 2.05) is 46.5 Å². The molecule has 0 radical (unpaired) electrons. The van der Waals surface area contributed by atoms with Crippen molar-refractivity contribution >= 4 is 45.4 Å². The van der Waals surface area contributed by atoms with Gasteiger partial charge in [-0.25, -0.2) is 0 Å². The van der Waals surface area contributed by atoms with Crippen molar-refractivity contribution < 1.29 is 9.59 Å². The highest BCUT2D eigenvalue weighted by Crippen LogP contribution is 2.36. The number of likely N-dealkylation sites (tertiary alicyclic amines) is 1. The van der Waals surface area contributed by atoms with Gasteiger partial charge in [0.1, 0.15) is 0 Å². The highest BCUT2D eigenvalue weighted by Gasteiger charge is 2.36. The number of aromatic nitrogens is 3. The number of benzene rings is 1. The summed E-state index contributed by atoms with van der Waals surface area (Å²) in [5, 5.41) is 1.67. The summed E-state index contributed by atoms with van der Waals surface area (Å²) in [6, 6.07) is 7.78. The zero-order valence-electron chi connectivity index (χ0n) is 23.3. The number of aromatic amines is 3. The standard InChI is InChI=1S/C31H36ClN5O3/c1-31(2,3)17-37-16-23-19(13-24(32)28-21(23)4-8-34-28)12-20(30(37)40)14-27(38)36-10-6-18(7-11-36)22-15-26-25(5-9-33-26)35-29(22)39/h4-5,8-9,13,15,18,20,33-34H,6-7,10-12,14,16-17H2,1-3H3,(H,35,39)/t20-/m0/s1. The number of hydrogen-bond acceptors (Lipinski definition) is 3. The third-order valence-electron chi connectivity index (χ3n) is 8.44. The molecule has 0 spiro atoms. The van der Waals surface area contributed by atoms with Gasteiger partial charge < -0.3 is 24.8 Å². The zero-order valence-corrected chi connectivity index (χ0v) is 24.0. The molecule has 1 aromatic carbocycles. The molecule has 2 aliphatic rings. The number of carbonyl (C=O) groups is 2. The molecule has 5 heterocycles. The van der Waals surface area contributed by atoms with E-state index in [4.69, 9.17) is 11.6 Å². The summed E-state index contributed by atoms with van der Waals surface area (Å²) in [6.45, 7) is 8.64. The Morgan fingerprint density at radius 1 is 1.05 bits per heavy atom. The summed E-state index contributed by atoms with van der Waals surface area (Å²) in [5.41, 5.74) is 5.37. The van der Waals surface area contributed by atoms with Gasteiger partial charge in [0.05, 0.1) is 27.5 Å². The summed E-state index contributed by atoms with van der Waals surface area (Å²) in [5.74, 6) is -0.321. The Bertz CT molecular complexity index is 1650. The maximum absolute atomic E-state index is 13.9. The number of H-pyrrole nitrogens is 3. The lowest BCUT2D eigenvalue weighted by Gasteiger charge is -2.34. The average molecular weight is 562 g/mol. The highest BCUT2D eigenvalue weighted by atomic mass is 35.5. The first-order valence-corrected chi connectivity index (χ1v) is 14.5. The van der Waals surface area contributed by atoms with Crippen LogP contribution in [0.4, 0.5) is 0 Å². The number of nitrogens with one attached hydrogen (secondary N) is 3. The van der Waals surface area contributed by atoms with Crippen LogP contribution in [-0.4, -0.2) is 56.2 Å². The van der Waals surface area contributed by atoms with E-state index >= 15 is 0 Å². The van der Waals surface area contributed by atoms with Crippen molar-refractivity contribution in [3.05, 3.63) is 68.7 Å². The van der Waals surface area contributed by atoms with Crippen LogP contribution >= 0.6 is 11.6 Å². The van der Waals surface area contributed by atoms with Crippen LogP contribution < -0.4 is 5.56 Å². The number of rotatable bonds is 4. The number of fused-ring (bicyclic) bond motifs is 4. The molecule has 9 heteroatoms. The van der Waals surface area contributed by atoms with Crippen LogP contribution in [0.25, 0.3) is 21.9 Å². The molecule has 0 aliphatic carbocycles. The predicted molar refractivity (Wildman–Crippen MR) is 157 cm³/mol. The second-order valence-corrected chi connectivity index (χ2v) is 13.0. The van der Waals surface area contributed by atoms with Crippen molar-refractivity contribution in [2.45, 2.75) is 58.9 Å². The van der Waals surface area contributed by atoms with Gasteiger partial charge in [-0.05, 0) is 66.0 Å². The number of pyridine rings is 1. The minimum Gasteiger partial charge on any atom is -0.360 e. The predicted octanol–water partition coefficient (Wildman–Crippen LogP) is 5.33. The smallest absolute Gasteiger partial charge is 0.252 e. The number of piperidine rings is 1. The number of nitrogens with zero attached hydrogens (tertiary/aromatic N) is 2. The lowest BCUT2D eigenvalue weighted by atomic mass is 9.89. The van der Waals surface area contributed by atoms with E-state index in [0.29, 0.717) is 37.6 Å². The van der Waals surface area contributed by atoms with E-state index in [1.165, 1.54) is 0 Å². The van der Waals surface area contributed by atoms with E-state index in [1.54, 1.807) is 0 Å². The monoisotopic (exact) mass is 561 g/mol. The van der Waals surface area contributed by atoms with Gasteiger partial charge >= 0.3 is 0 Å². The Labute approximate surface area is 238 Å². The van der Waals surface area contributed by atoms with Crippen LogP contribution in [0.3, 0.4) is 0 Å². The molecule has 0 bridgehead atoms. The van der Waals surface area contributed by atoms with Crippen LogP contribution in [0.5, 0.6) is 0 Å². The van der Waals surface area contributed by atoms with E-state index in [-0.39, 0.29) is 35.1 Å². The van der Waals surface area contributed by atoms with Crippen molar-refractivity contribution in [2.24, 2.45) is 11.3 Å². The van der Waals surface area contributed by atoms with Gasteiger partial charge in [0.25, 0.3) is 5.56 Å². The molecule has 4 aromatic rings. The molecule has 2 aliphatic heterocycles. The second kappa shape index (κ2) is 10.1. The maximum Gasteiger partial charge on any atom is 0.252 e. The summed E-state index contributed by atoms with van der Waals surface area (Å²) in [6.07, 6.45) is 5.80. The van der Waals surface area contributed by atoms with Crippen molar-refractivity contribution in [2.75, 3.05) is 19.6 Å². The zero-order chi connectivity index (χ0) is 28.2. The Morgan fingerprint density at radius 2 is 1.80 bits per heavy atom. The van der Waals surface area contributed by atoms with Gasteiger partial charge in [-0.1, -0.05) is 32.4 Å². The summed E-state index contributed by atoms with van der Waals surface area (Å²) in [7, 11) is 0. The number of hydrogen-bond donors (Lipinski definition) is 3. The van der Waals surface area contributed by atoms with E-state index in [2.05, 4.69) is 35.7 Å². The molecule has 8 nitrogen and oxygen atoms in total. The van der Waals surface area contributed by atoms with Gasteiger partial charge in [-0.15, -0.1) is 0 Å². The molecule has 6 rings (SSSR count). The largest absolute Gasteiger partial charge is 0.360 e. The van der Waals surface area contributed by atoms with Crippen LogP contribution in [0, 0.1) is 11.3 Å². The van der Waals surface area contributed by atoms with E-state index < -0.39 is 5.92 Å². The first-order chi connectivity index (χ1) is 19.1. The van der Waals surface area contributed by atoms with Gasteiger partial charge in [0.15, 0.2) is 0 Å². The fourth-order valence-corrected chi connectivity index (χ4v) is 6.82. The Morgan fingerprint density at radius 3 is 2.55 bits per heavy atom. The van der Waals surface area contributed by atoms with E-state index in [0.717, 1.165) is 51.5 Å². The average Bonchev–Trinajstić information content (AvgIpc) is 3.56. The normalized spacial score (nSPS) is 18.9. The third-order valence-corrected chi connectivity index (χ3v) is 8.74. The molecule has 3 aromatic heterocycles. The Hall–Kier alpha value is -3.52. The number of amides is 2. The fraction of sp³-hybridized carbons (Fsp3) is 0.452. The molecule has 0 unspecified atom stereocenters. The van der Waals surface area contributed by atoms with Crippen molar-refractivity contribution in [3.63, 3.8) is 0 Å². The first kappa shape index (κ1) is 26.7. The Kier molecular flexibility index (Phi) is 6.77. The quantitative estimate of drug-likeness (QED) is 0.313. The lowest BCUT2D eigenvalue weighted by Crippen LogP contribution is -2.43. The van der Waals surface area contributed by atoms with Crippen LogP contribution in [0.2, 0.25) is 5.02 Å². The summed E-state index contributed by atoms with van der Waals surface area (Å²) in [4.78, 5) is 53.3.